The number of hydrogen-bond acceptors (Lipinski definition) is 7. The van der Waals surface area contributed by atoms with Crippen LogP contribution >= 0.6 is 0 Å². The Bertz CT molecular complexity index is 565. The van der Waals surface area contributed by atoms with Gasteiger partial charge in [-0.3, -0.25) is 10.1 Å². The molecule has 1 aromatic heterocycles. The summed E-state index contributed by atoms with van der Waals surface area (Å²) in [7, 11) is 1.23. The largest absolute Gasteiger partial charge is 0.467 e. The molecule has 0 aliphatic rings. The van der Waals surface area contributed by atoms with Crippen molar-refractivity contribution in [3.05, 3.63) is 27.9 Å². The third kappa shape index (κ3) is 3.20. The molecule has 0 radical (unpaired) electrons. The zero-order chi connectivity index (χ0) is 15.3. The van der Waals surface area contributed by atoms with Gasteiger partial charge in [0.05, 0.1) is 12.0 Å². The van der Waals surface area contributed by atoms with Gasteiger partial charge in [0.25, 0.3) is 0 Å². The van der Waals surface area contributed by atoms with Crippen molar-refractivity contribution in [3.8, 4) is 6.07 Å². The van der Waals surface area contributed by atoms with Gasteiger partial charge in [0.1, 0.15) is 17.7 Å². The molecule has 20 heavy (non-hydrogen) atoms. The molecule has 0 bridgehead atoms. The Hall–Kier alpha value is -2.69. The van der Waals surface area contributed by atoms with Gasteiger partial charge < -0.3 is 10.1 Å². The average Bonchev–Trinajstić information content (AvgIpc) is 2.42. The molecule has 0 fully saturated rings. The molecule has 0 aromatic carbocycles. The van der Waals surface area contributed by atoms with Crippen molar-refractivity contribution in [2.75, 3.05) is 12.4 Å². The monoisotopic (exact) mass is 278 g/mol. The normalized spacial score (nSPS) is 11.6. The highest BCUT2D eigenvalue weighted by atomic mass is 16.6. The molecular formula is C12H14N4O4. The lowest BCUT2D eigenvalue weighted by Gasteiger charge is -2.20. The molecule has 1 atom stereocenters. The van der Waals surface area contributed by atoms with Gasteiger partial charge in [0.15, 0.2) is 0 Å². The number of hydrogen-bond donors (Lipinski definition) is 1. The second kappa shape index (κ2) is 6.47. The summed E-state index contributed by atoms with van der Waals surface area (Å²) in [5.41, 5.74) is -0.579. The summed E-state index contributed by atoms with van der Waals surface area (Å²) in [6, 6.07) is 2.18. The molecule has 0 aliphatic heterocycles. The minimum absolute atomic E-state index is 0.125. The smallest absolute Gasteiger partial charge is 0.328 e. The topological polar surface area (TPSA) is 118 Å². The Balaban J connectivity index is 3.23. The lowest BCUT2D eigenvalue weighted by Crippen LogP contribution is -2.36. The first-order valence-electron chi connectivity index (χ1n) is 5.80. The fraction of sp³-hybridized carbons (Fsp3) is 0.417. The van der Waals surface area contributed by atoms with Gasteiger partial charge >= 0.3 is 11.7 Å². The number of rotatable bonds is 5. The third-order valence-electron chi connectivity index (χ3n) is 2.64. The summed E-state index contributed by atoms with van der Waals surface area (Å²) in [6.45, 7) is 3.52. The second-order valence-corrected chi connectivity index (χ2v) is 4.31. The Labute approximate surface area is 115 Å². The number of nitrogens with one attached hydrogen (secondary N) is 1. The lowest BCUT2D eigenvalue weighted by atomic mass is 10.0. The number of nitriles is 1. The van der Waals surface area contributed by atoms with Crippen molar-refractivity contribution in [3.63, 3.8) is 0 Å². The first kappa shape index (κ1) is 15.4. The van der Waals surface area contributed by atoms with Gasteiger partial charge in [0, 0.05) is 6.20 Å². The maximum atomic E-state index is 11.6. The number of nitrogens with zero attached hydrogens (tertiary/aromatic N) is 3. The van der Waals surface area contributed by atoms with E-state index in [0.717, 1.165) is 0 Å². The predicted octanol–water partition coefficient (Wildman–Crippen LogP) is 1.47. The van der Waals surface area contributed by atoms with Crippen LogP contribution < -0.4 is 5.32 Å². The van der Waals surface area contributed by atoms with Crippen LogP contribution in [0.3, 0.4) is 0 Å². The van der Waals surface area contributed by atoms with Crippen LogP contribution in [-0.2, 0) is 9.53 Å². The van der Waals surface area contributed by atoms with Gasteiger partial charge in [-0.25, -0.2) is 9.78 Å². The first-order chi connectivity index (χ1) is 9.42. The summed E-state index contributed by atoms with van der Waals surface area (Å²) >= 11 is 0. The van der Waals surface area contributed by atoms with Gasteiger partial charge in [-0.2, -0.15) is 5.26 Å². The molecule has 0 saturated carbocycles. The molecule has 1 rings (SSSR count). The van der Waals surface area contributed by atoms with Crippen LogP contribution in [0.15, 0.2) is 12.3 Å². The molecular weight excluding hydrogens is 264 g/mol. The second-order valence-electron chi connectivity index (χ2n) is 4.31. The first-order valence-corrected chi connectivity index (χ1v) is 5.80. The van der Waals surface area contributed by atoms with Crippen molar-refractivity contribution in [2.45, 2.75) is 19.9 Å². The van der Waals surface area contributed by atoms with Crippen LogP contribution in [0.2, 0.25) is 0 Å². The fourth-order valence-electron chi connectivity index (χ4n) is 1.61. The van der Waals surface area contributed by atoms with Crippen LogP contribution in [0.4, 0.5) is 11.5 Å². The SMILES string of the molecule is COC(=O)C(Nc1nccc(C#N)c1[N+](=O)[O-])C(C)C. The number of aromatic nitrogens is 1. The van der Waals surface area contributed by atoms with E-state index in [1.54, 1.807) is 19.9 Å². The highest BCUT2D eigenvalue weighted by molar-refractivity contribution is 5.80. The third-order valence-corrected chi connectivity index (χ3v) is 2.64. The standard InChI is InChI=1S/C12H14N4O4/c1-7(2)9(12(17)20-3)15-11-10(16(18)19)8(6-13)4-5-14-11/h4-5,7,9H,1-3H3,(H,14,15). The summed E-state index contributed by atoms with van der Waals surface area (Å²) in [5.74, 6) is -0.855. The number of anilines is 1. The van der Waals surface area contributed by atoms with Gasteiger partial charge in [-0.15, -0.1) is 0 Å². The minimum Gasteiger partial charge on any atom is -0.467 e. The summed E-state index contributed by atoms with van der Waals surface area (Å²) in [6.07, 6.45) is 1.27. The highest BCUT2D eigenvalue weighted by Crippen LogP contribution is 2.27. The number of esters is 1. The molecule has 1 N–H and O–H groups in total. The lowest BCUT2D eigenvalue weighted by molar-refractivity contribution is -0.384. The Morgan fingerprint density at radius 1 is 1.60 bits per heavy atom. The highest BCUT2D eigenvalue weighted by Gasteiger charge is 2.28. The molecule has 0 saturated heterocycles. The zero-order valence-corrected chi connectivity index (χ0v) is 11.3. The number of pyridine rings is 1. The van der Waals surface area contributed by atoms with Crippen molar-refractivity contribution in [1.29, 1.82) is 5.26 Å². The van der Waals surface area contributed by atoms with E-state index in [1.807, 2.05) is 0 Å². The Kier molecular flexibility index (Phi) is 4.97. The van der Waals surface area contributed by atoms with Crippen molar-refractivity contribution in [2.24, 2.45) is 5.92 Å². The molecule has 1 aromatic rings. The van der Waals surface area contributed by atoms with E-state index in [-0.39, 0.29) is 17.3 Å². The Morgan fingerprint density at radius 3 is 2.70 bits per heavy atom. The van der Waals surface area contributed by atoms with Crippen molar-refractivity contribution >= 4 is 17.5 Å². The molecule has 0 spiro atoms. The molecule has 0 amide bonds. The van der Waals surface area contributed by atoms with E-state index < -0.39 is 22.6 Å². The minimum atomic E-state index is -0.792. The van der Waals surface area contributed by atoms with E-state index in [2.05, 4.69) is 15.0 Å². The number of ether oxygens (including phenoxy) is 1. The number of methoxy groups -OCH3 is 1. The summed E-state index contributed by atoms with van der Waals surface area (Å²) < 4.78 is 4.64. The maximum absolute atomic E-state index is 11.6. The number of carbonyl (C=O) groups excluding carboxylic acids is 1. The van der Waals surface area contributed by atoms with E-state index in [9.17, 15) is 14.9 Å². The van der Waals surface area contributed by atoms with Gasteiger partial charge in [-0.05, 0) is 12.0 Å². The quantitative estimate of drug-likeness (QED) is 0.492. The molecule has 106 valence electrons. The van der Waals surface area contributed by atoms with Crippen LogP contribution in [0.5, 0.6) is 0 Å². The van der Waals surface area contributed by atoms with Gasteiger partial charge in [0.2, 0.25) is 5.82 Å². The molecule has 1 heterocycles. The average molecular weight is 278 g/mol. The predicted molar refractivity (Wildman–Crippen MR) is 69.9 cm³/mol. The van der Waals surface area contributed by atoms with Crippen LogP contribution in [-0.4, -0.2) is 29.0 Å². The number of nitro groups is 1. The van der Waals surface area contributed by atoms with E-state index in [4.69, 9.17) is 5.26 Å². The van der Waals surface area contributed by atoms with E-state index in [0.29, 0.717) is 0 Å². The molecule has 0 aliphatic carbocycles. The maximum Gasteiger partial charge on any atom is 0.328 e. The number of carbonyl (C=O) groups is 1. The van der Waals surface area contributed by atoms with E-state index >= 15 is 0 Å². The molecule has 1 unspecified atom stereocenters. The van der Waals surface area contributed by atoms with E-state index in [1.165, 1.54) is 19.4 Å². The molecule has 8 heteroatoms. The van der Waals surface area contributed by atoms with Crippen LogP contribution in [0, 0.1) is 27.4 Å². The zero-order valence-electron chi connectivity index (χ0n) is 11.3. The van der Waals surface area contributed by atoms with Crippen LogP contribution in [0.1, 0.15) is 19.4 Å². The molecule has 8 nitrogen and oxygen atoms in total. The van der Waals surface area contributed by atoms with Gasteiger partial charge in [-0.1, -0.05) is 13.8 Å². The summed E-state index contributed by atoms with van der Waals surface area (Å²) in [5, 5.41) is 22.6. The fourth-order valence-corrected chi connectivity index (χ4v) is 1.61. The van der Waals surface area contributed by atoms with Crippen molar-refractivity contribution < 1.29 is 14.5 Å². The summed E-state index contributed by atoms with van der Waals surface area (Å²) in [4.78, 5) is 25.8. The van der Waals surface area contributed by atoms with Crippen molar-refractivity contribution in [1.82, 2.24) is 4.98 Å². The van der Waals surface area contributed by atoms with Crippen LogP contribution in [0.25, 0.3) is 0 Å². The Morgan fingerprint density at radius 2 is 2.25 bits per heavy atom.